The van der Waals surface area contributed by atoms with Crippen molar-refractivity contribution in [2.45, 2.75) is 19.9 Å². The number of nitrogens with one attached hydrogen (secondary N) is 1. The lowest BCUT2D eigenvalue weighted by atomic mass is 10.0. The number of carbonyl (C=O) groups excluding carboxylic acids is 1. The number of allylic oxidation sites excluding steroid dienone is 1. The normalized spacial score (nSPS) is 12.8. The Hall–Kier alpha value is -2.91. The van der Waals surface area contributed by atoms with Crippen LogP contribution in [0.25, 0.3) is 16.7 Å². The summed E-state index contributed by atoms with van der Waals surface area (Å²) in [6.45, 7) is 2.51. The number of nitrogens with zero attached hydrogens (tertiary/aromatic N) is 1. The van der Waals surface area contributed by atoms with Crippen molar-refractivity contribution in [3.63, 3.8) is 0 Å². The molecular weight excluding hydrogens is 356 g/mol. The van der Waals surface area contributed by atoms with Crippen molar-refractivity contribution in [3.05, 3.63) is 94.3 Å². The third-order valence-corrected chi connectivity index (χ3v) is 5.18. The highest BCUT2D eigenvalue weighted by Crippen LogP contribution is 2.32. The van der Waals surface area contributed by atoms with Crippen LogP contribution in [0.5, 0.6) is 0 Å². The first-order valence-electron chi connectivity index (χ1n) is 8.89. The average Bonchev–Trinajstić information content (AvgIpc) is 3.04. The highest BCUT2D eigenvalue weighted by atomic mass is 35.5. The molecule has 1 aliphatic rings. The first-order chi connectivity index (χ1) is 13.1. The Bertz CT molecular complexity index is 1040. The van der Waals surface area contributed by atoms with Crippen LogP contribution in [0.4, 0.5) is 0 Å². The number of aromatic nitrogens is 1. The number of amides is 1. The summed E-state index contributed by atoms with van der Waals surface area (Å²) in [6.07, 6.45) is 2.45. The minimum Gasteiger partial charge on any atom is -0.348 e. The fourth-order valence-corrected chi connectivity index (χ4v) is 3.58. The summed E-state index contributed by atoms with van der Waals surface area (Å²) >= 11 is 5.86. The van der Waals surface area contributed by atoms with Crippen LogP contribution in [0.1, 0.15) is 23.6 Å². The molecule has 3 aromatic rings. The minimum atomic E-state index is 0.00210. The van der Waals surface area contributed by atoms with E-state index >= 15 is 0 Å². The highest BCUT2D eigenvalue weighted by Gasteiger charge is 2.22. The molecule has 0 bridgehead atoms. The molecule has 134 valence electrons. The first kappa shape index (κ1) is 17.5. The summed E-state index contributed by atoms with van der Waals surface area (Å²) in [6, 6.07) is 20.0. The topological polar surface area (TPSA) is 42.0 Å². The maximum Gasteiger partial charge on any atom is 0.248 e. The minimum absolute atomic E-state index is 0.00210. The van der Waals surface area contributed by atoms with Crippen molar-refractivity contribution in [2.24, 2.45) is 0 Å². The Labute approximate surface area is 163 Å². The summed E-state index contributed by atoms with van der Waals surface area (Å²) < 4.78 is 0. The van der Waals surface area contributed by atoms with Gasteiger partial charge in [-0.25, -0.2) is 4.98 Å². The van der Waals surface area contributed by atoms with Gasteiger partial charge in [-0.1, -0.05) is 54.1 Å². The molecule has 1 heterocycles. The summed E-state index contributed by atoms with van der Waals surface area (Å²) in [4.78, 5) is 16.8. The molecule has 0 fully saturated rings. The van der Waals surface area contributed by atoms with E-state index in [1.54, 1.807) is 12.3 Å². The van der Waals surface area contributed by atoms with Crippen LogP contribution in [0.2, 0.25) is 5.15 Å². The van der Waals surface area contributed by atoms with Gasteiger partial charge in [0, 0.05) is 30.3 Å². The van der Waals surface area contributed by atoms with Crippen LogP contribution >= 0.6 is 11.6 Å². The Morgan fingerprint density at radius 1 is 1.07 bits per heavy atom. The predicted molar refractivity (Wildman–Crippen MR) is 109 cm³/mol. The molecule has 1 aromatic heterocycles. The number of rotatable bonds is 4. The van der Waals surface area contributed by atoms with Crippen molar-refractivity contribution in [1.82, 2.24) is 10.3 Å². The van der Waals surface area contributed by atoms with Crippen LogP contribution in [0.15, 0.2) is 72.4 Å². The lowest BCUT2D eigenvalue weighted by Gasteiger charge is -2.09. The molecule has 0 radical (unpaired) electrons. The van der Waals surface area contributed by atoms with E-state index in [1.165, 1.54) is 11.1 Å². The van der Waals surface area contributed by atoms with Crippen molar-refractivity contribution >= 4 is 23.1 Å². The third kappa shape index (κ3) is 3.64. The molecule has 0 aliphatic heterocycles. The molecule has 1 N–H and O–H groups in total. The van der Waals surface area contributed by atoms with Gasteiger partial charge in [0.2, 0.25) is 5.91 Å². The lowest BCUT2D eigenvalue weighted by Crippen LogP contribution is -2.25. The van der Waals surface area contributed by atoms with Gasteiger partial charge in [-0.3, -0.25) is 4.79 Å². The third-order valence-electron chi connectivity index (χ3n) is 4.96. The van der Waals surface area contributed by atoms with Gasteiger partial charge in [0.05, 0.1) is 0 Å². The van der Waals surface area contributed by atoms with E-state index in [0.717, 1.165) is 27.8 Å². The van der Waals surface area contributed by atoms with E-state index in [1.807, 2.05) is 43.3 Å². The van der Waals surface area contributed by atoms with Crippen molar-refractivity contribution in [2.75, 3.05) is 0 Å². The Morgan fingerprint density at radius 3 is 2.70 bits per heavy atom. The van der Waals surface area contributed by atoms with E-state index in [0.29, 0.717) is 18.1 Å². The zero-order valence-electron chi connectivity index (χ0n) is 15.0. The second kappa shape index (κ2) is 7.37. The summed E-state index contributed by atoms with van der Waals surface area (Å²) in [7, 11) is 0. The van der Waals surface area contributed by atoms with Crippen LogP contribution in [-0.2, 0) is 17.8 Å². The number of hydrogen-bond donors (Lipinski definition) is 1. The summed E-state index contributed by atoms with van der Waals surface area (Å²) in [5.74, 6) is 0.00210. The SMILES string of the molecule is CC1=C(C(=O)NCc2cccc(-c3ccc(Cl)nc3)c2)Cc2ccccc21. The number of benzene rings is 2. The molecule has 1 amide bonds. The Balaban J connectivity index is 1.47. The molecule has 3 nitrogen and oxygen atoms in total. The molecule has 2 aromatic carbocycles. The molecule has 0 atom stereocenters. The van der Waals surface area contributed by atoms with Crippen molar-refractivity contribution in [1.29, 1.82) is 0 Å². The van der Waals surface area contributed by atoms with E-state index < -0.39 is 0 Å². The van der Waals surface area contributed by atoms with E-state index in [4.69, 9.17) is 11.6 Å². The molecule has 1 aliphatic carbocycles. The van der Waals surface area contributed by atoms with Gasteiger partial charge in [-0.2, -0.15) is 0 Å². The van der Waals surface area contributed by atoms with Gasteiger partial charge in [0.25, 0.3) is 0 Å². The second-order valence-corrected chi connectivity index (χ2v) is 7.08. The molecule has 4 rings (SSSR count). The second-order valence-electron chi connectivity index (χ2n) is 6.69. The van der Waals surface area contributed by atoms with E-state index in [-0.39, 0.29) is 5.91 Å². The molecule has 0 saturated heterocycles. The van der Waals surface area contributed by atoms with Gasteiger partial charge >= 0.3 is 0 Å². The van der Waals surface area contributed by atoms with Gasteiger partial charge in [0.15, 0.2) is 0 Å². The predicted octanol–water partition coefficient (Wildman–Crippen LogP) is 5.05. The van der Waals surface area contributed by atoms with Crippen LogP contribution < -0.4 is 5.32 Å². The quantitative estimate of drug-likeness (QED) is 0.649. The zero-order chi connectivity index (χ0) is 18.8. The molecule has 0 saturated carbocycles. The van der Waals surface area contributed by atoms with Crippen LogP contribution in [-0.4, -0.2) is 10.9 Å². The fourth-order valence-electron chi connectivity index (χ4n) is 3.47. The Kier molecular flexibility index (Phi) is 4.78. The van der Waals surface area contributed by atoms with Crippen molar-refractivity contribution in [3.8, 4) is 11.1 Å². The highest BCUT2D eigenvalue weighted by molar-refractivity contribution is 6.29. The maximum absolute atomic E-state index is 12.7. The summed E-state index contributed by atoms with van der Waals surface area (Å²) in [5, 5.41) is 3.54. The van der Waals surface area contributed by atoms with E-state index in [2.05, 4.69) is 28.5 Å². The largest absolute Gasteiger partial charge is 0.348 e. The average molecular weight is 375 g/mol. The number of carbonyl (C=O) groups is 1. The number of halogens is 1. The Morgan fingerprint density at radius 2 is 1.93 bits per heavy atom. The monoisotopic (exact) mass is 374 g/mol. The standard InChI is InChI=1S/C23H19ClN2O/c1-15-20-8-3-2-6-18(20)12-21(15)23(27)26-13-16-5-4-7-17(11-16)19-9-10-22(24)25-14-19/h2-11,14H,12-13H2,1H3,(H,26,27). The zero-order valence-corrected chi connectivity index (χ0v) is 15.8. The van der Waals surface area contributed by atoms with Gasteiger partial charge < -0.3 is 5.32 Å². The number of hydrogen-bond acceptors (Lipinski definition) is 2. The van der Waals surface area contributed by atoms with Gasteiger partial charge in [0.1, 0.15) is 5.15 Å². The lowest BCUT2D eigenvalue weighted by molar-refractivity contribution is -0.117. The molecule has 4 heteroatoms. The van der Waals surface area contributed by atoms with Gasteiger partial charge in [-0.05, 0) is 52.9 Å². The van der Waals surface area contributed by atoms with E-state index in [9.17, 15) is 4.79 Å². The smallest absolute Gasteiger partial charge is 0.248 e. The number of pyridine rings is 1. The molecule has 0 spiro atoms. The molecule has 27 heavy (non-hydrogen) atoms. The molecular formula is C23H19ClN2O. The van der Waals surface area contributed by atoms with Gasteiger partial charge in [-0.15, -0.1) is 0 Å². The van der Waals surface area contributed by atoms with Crippen LogP contribution in [0, 0.1) is 0 Å². The maximum atomic E-state index is 12.7. The number of fused-ring (bicyclic) bond motifs is 1. The fraction of sp³-hybridized carbons (Fsp3) is 0.130. The molecule has 0 unspecified atom stereocenters. The first-order valence-corrected chi connectivity index (χ1v) is 9.27. The van der Waals surface area contributed by atoms with Crippen LogP contribution in [0.3, 0.4) is 0 Å². The summed E-state index contributed by atoms with van der Waals surface area (Å²) in [5.41, 5.74) is 7.42. The van der Waals surface area contributed by atoms with Crippen molar-refractivity contribution < 1.29 is 4.79 Å².